The lowest BCUT2D eigenvalue weighted by Gasteiger charge is -2.24. The molecule has 2 N–H and O–H groups in total. The highest BCUT2D eigenvalue weighted by Gasteiger charge is 2.33. The summed E-state index contributed by atoms with van der Waals surface area (Å²) in [6, 6.07) is 15.1. The minimum atomic E-state index is -3.44. The van der Waals surface area contributed by atoms with E-state index in [2.05, 4.69) is 29.1 Å². The van der Waals surface area contributed by atoms with Gasteiger partial charge in [-0.15, -0.1) is 0 Å². The van der Waals surface area contributed by atoms with E-state index in [0.29, 0.717) is 11.4 Å². The lowest BCUT2D eigenvalue weighted by Crippen LogP contribution is -2.32. The number of nitrogens with one attached hydrogen (secondary N) is 2. The van der Waals surface area contributed by atoms with Gasteiger partial charge in [-0.1, -0.05) is 42.8 Å². The number of hydrogen-bond donors (Lipinski definition) is 2. The van der Waals surface area contributed by atoms with Crippen molar-refractivity contribution in [1.82, 2.24) is 4.72 Å². The van der Waals surface area contributed by atoms with E-state index in [4.69, 9.17) is 0 Å². The topological polar surface area (TPSA) is 58.2 Å². The third-order valence-electron chi connectivity index (χ3n) is 4.55. The van der Waals surface area contributed by atoms with Crippen molar-refractivity contribution in [2.75, 3.05) is 18.4 Å². The van der Waals surface area contributed by atoms with Gasteiger partial charge in [0.1, 0.15) is 0 Å². The molecule has 2 aromatic rings. The molecule has 0 saturated heterocycles. The van der Waals surface area contributed by atoms with Gasteiger partial charge in [0.2, 0.25) is 10.0 Å². The summed E-state index contributed by atoms with van der Waals surface area (Å²) >= 11 is 0. The lowest BCUT2D eigenvalue weighted by atomic mass is 9.81. The molecule has 1 atom stereocenters. The Morgan fingerprint density at radius 3 is 2.57 bits per heavy atom. The molecule has 23 heavy (non-hydrogen) atoms. The Kier molecular flexibility index (Phi) is 4.17. The highest BCUT2D eigenvalue weighted by molar-refractivity contribution is 7.89. The first-order valence-corrected chi connectivity index (χ1v) is 9.29. The molecule has 5 heteroatoms. The van der Waals surface area contributed by atoms with Gasteiger partial charge in [-0.2, -0.15) is 0 Å². The Bertz CT molecular complexity index is 800. The molecule has 0 fully saturated rings. The first-order valence-electron chi connectivity index (χ1n) is 7.80. The van der Waals surface area contributed by atoms with Crippen molar-refractivity contribution in [2.24, 2.45) is 0 Å². The molecule has 1 heterocycles. The number of hydrogen-bond acceptors (Lipinski definition) is 3. The fourth-order valence-electron chi connectivity index (χ4n) is 3.03. The molecule has 3 rings (SSSR count). The molecular formula is C18H22N2O2S. The molecule has 0 radical (unpaired) electrons. The quantitative estimate of drug-likeness (QED) is 0.886. The average Bonchev–Trinajstić information content (AvgIpc) is 2.86. The predicted octanol–water partition coefficient (Wildman–Crippen LogP) is 3.05. The molecule has 0 aliphatic carbocycles. The molecule has 0 aromatic heterocycles. The van der Waals surface area contributed by atoms with E-state index < -0.39 is 10.0 Å². The summed E-state index contributed by atoms with van der Waals surface area (Å²) in [7, 11) is -3.44. The van der Waals surface area contributed by atoms with Crippen LogP contribution in [0.2, 0.25) is 0 Å². The van der Waals surface area contributed by atoms with E-state index in [-0.39, 0.29) is 5.41 Å². The molecule has 0 amide bonds. The van der Waals surface area contributed by atoms with Gasteiger partial charge in [0, 0.05) is 24.2 Å². The first-order chi connectivity index (χ1) is 10.9. The van der Waals surface area contributed by atoms with E-state index in [1.165, 1.54) is 5.56 Å². The molecule has 0 spiro atoms. The smallest absolute Gasteiger partial charge is 0.240 e. The molecule has 2 aromatic carbocycles. The van der Waals surface area contributed by atoms with E-state index in [1.54, 1.807) is 12.1 Å². The van der Waals surface area contributed by atoms with Gasteiger partial charge in [0.05, 0.1) is 4.90 Å². The second-order valence-corrected chi connectivity index (χ2v) is 8.19. The van der Waals surface area contributed by atoms with Crippen LogP contribution in [0.5, 0.6) is 0 Å². The van der Waals surface area contributed by atoms with Crippen molar-refractivity contribution < 1.29 is 8.42 Å². The predicted molar refractivity (Wildman–Crippen MR) is 93.3 cm³/mol. The minimum absolute atomic E-state index is 0.0492. The fraction of sp³-hybridized carbons (Fsp3) is 0.333. The van der Waals surface area contributed by atoms with Crippen LogP contribution < -0.4 is 10.0 Å². The van der Waals surface area contributed by atoms with E-state index in [0.717, 1.165) is 24.2 Å². The van der Waals surface area contributed by atoms with Crippen molar-refractivity contribution in [3.63, 3.8) is 0 Å². The van der Waals surface area contributed by atoms with Crippen molar-refractivity contribution in [2.45, 2.75) is 30.6 Å². The standard InChI is InChI=1S/C18H22N2O2S/c1-14-7-9-15(10-8-14)23(21,22)20-12-11-18(2)13-19-17-6-4-3-5-16(17)18/h3-10,19-20H,11-13H2,1-2H3/t18-/m1/s1. The molecular weight excluding hydrogens is 308 g/mol. The fourth-order valence-corrected chi connectivity index (χ4v) is 4.07. The largest absolute Gasteiger partial charge is 0.384 e. The minimum Gasteiger partial charge on any atom is -0.384 e. The van der Waals surface area contributed by atoms with E-state index in [1.807, 2.05) is 31.2 Å². The van der Waals surface area contributed by atoms with Gasteiger partial charge in [0.15, 0.2) is 0 Å². The number of aryl methyl sites for hydroxylation is 1. The number of rotatable bonds is 5. The van der Waals surface area contributed by atoms with Crippen molar-refractivity contribution >= 4 is 15.7 Å². The van der Waals surface area contributed by atoms with Gasteiger partial charge < -0.3 is 5.32 Å². The van der Waals surface area contributed by atoms with Crippen LogP contribution in [-0.4, -0.2) is 21.5 Å². The number of anilines is 1. The summed E-state index contributed by atoms with van der Waals surface area (Å²) in [6.07, 6.45) is 0.752. The van der Waals surface area contributed by atoms with E-state index in [9.17, 15) is 8.42 Å². The summed E-state index contributed by atoms with van der Waals surface area (Å²) in [6.45, 7) is 5.36. The van der Waals surface area contributed by atoms with Gasteiger partial charge in [-0.3, -0.25) is 0 Å². The van der Waals surface area contributed by atoms with E-state index >= 15 is 0 Å². The van der Waals surface area contributed by atoms with Crippen molar-refractivity contribution in [3.05, 3.63) is 59.7 Å². The second kappa shape index (κ2) is 5.98. The van der Waals surface area contributed by atoms with Crippen molar-refractivity contribution in [1.29, 1.82) is 0 Å². The Labute approximate surface area is 138 Å². The summed E-state index contributed by atoms with van der Waals surface area (Å²) in [5, 5.41) is 3.40. The van der Waals surface area contributed by atoms with Crippen LogP contribution in [0.15, 0.2) is 53.4 Å². The monoisotopic (exact) mass is 330 g/mol. The van der Waals surface area contributed by atoms with Gasteiger partial charge >= 0.3 is 0 Å². The van der Waals surface area contributed by atoms with Gasteiger partial charge in [0.25, 0.3) is 0 Å². The Morgan fingerprint density at radius 1 is 1.13 bits per heavy atom. The maximum Gasteiger partial charge on any atom is 0.240 e. The maximum absolute atomic E-state index is 12.3. The summed E-state index contributed by atoms with van der Waals surface area (Å²) in [5.41, 5.74) is 3.41. The van der Waals surface area contributed by atoms with Gasteiger partial charge in [-0.05, 0) is 37.1 Å². The zero-order valence-electron chi connectivity index (χ0n) is 13.5. The summed E-state index contributed by atoms with van der Waals surface area (Å²) in [4.78, 5) is 0.318. The highest BCUT2D eigenvalue weighted by atomic mass is 32.2. The van der Waals surface area contributed by atoms with Crippen LogP contribution in [0.3, 0.4) is 0 Å². The number of benzene rings is 2. The molecule has 0 saturated carbocycles. The zero-order chi connectivity index (χ0) is 16.5. The normalized spacial score (nSPS) is 20.1. The third kappa shape index (κ3) is 3.26. The molecule has 122 valence electrons. The van der Waals surface area contributed by atoms with Crippen LogP contribution in [0.1, 0.15) is 24.5 Å². The van der Waals surface area contributed by atoms with Crippen LogP contribution in [0, 0.1) is 6.92 Å². The first kappa shape index (κ1) is 16.0. The zero-order valence-corrected chi connectivity index (χ0v) is 14.3. The highest BCUT2D eigenvalue weighted by Crippen LogP contribution is 2.38. The Hall–Kier alpha value is -1.85. The number of para-hydroxylation sites is 1. The van der Waals surface area contributed by atoms with Crippen LogP contribution >= 0.6 is 0 Å². The molecule has 1 aliphatic heterocycles. The second-order valence-electron chi connectivity index (χ2n) is 6.42. The molecule has 0 unspecified atom stereocenters. The summed E-state index contributed by atoms with van der Waals surface area (Å²) in [5.74, 6) is 0. The third-order valence-corrected chi connectivity index (χ3v) is 6.02. The van der Waals surface area contributed by atoms with Crippen LogP contribution in [0.4, 0.5) is 5.69 Å². The van der Waals surface area contributed by atoms with Crippen LogP contribution in [-0.2, 0) is 15.4 Å². The van der Waals surface area contributed by atoms with Crippen molar-refractivity contribution in [3.8, 4) is 0 Å². The molecule has 4 nitrogen and oxygen atoms in total. The SMILES string of the molecule is Cc1ccc(S(=O)(=O)NCC[C@]2(C)CNc3ccccc32)cc1. The average molecular weight is 330 g/mol. The molecule has 1 aliphatic rings. The van der Waals surface area contributed by atoms with Gasteiger partial charge in [-0.25, -0.2) is 13.1 Å². The number of fused-ring (bicyclic) bond motifs is 1. The number of sulfonamides is 1. The van der Waals surface area contributed by atoms with Crippen LogP contribution in [0.25, 0.3) is 0 Å². The Morgan fingerprint density at radius 2 is 1.83 bits per heavy atom. The lowest BCUT2D eigenvalue weighted by molar-refractivity contribution is 0.473. The maximum atomic E-state index is 12.3. The molecule has 0 bridgehead atoms. The summed E-state index contributed by atoms with van der Waals surface area (Å²) < 4.78 is 27.4. The Balaban J connectivity index is 1.67.